The van der Waals surface area contributed by atoms with Gasteiger partial charge in [-0.15, -0.1) is 11.3 Å². The number of carbonyl (C=O) groups is 1. The highest BCUT2D eigenvalue weighted by Gasteiger charge is 2.12. The van der Waals surface area contributed by atoms with Crippen LogP contribution in [0.2, 0.25) is 0 Å². The highest BCUT2D eigenvalue weighted by atomic mass is 79.9. The summed E-state index contributed by atoms with van der Waals surface area (Å²) in [5.74, 6) is 1.29. The van der Waals surface area contributed by atoms with E-state index in [9.17, 15) is 9.00 Å². The van der Waals surface area contributed by atoms with E-state index in [-0.39, 0.29) is 11.5 Å². The van der Waals surface area contributed by atoms with Crippen molar-refractivity contribution in [2.75, 3.05) is 11.5 Å². The van der Waals surface area contributed by atoms with Gasteiger partial charge in [-0.1, -0.05) is 13.8 Å². The van der Waals surface area contributed by atoms with E-state index in [1.54, 1.807) is 6.07 Å². The summed E-state index contributed by atoms with van der Waals surface area (Å²) in [6, 6.07) is 3.62. The van der Waals surface area contributed by atoms with Crippen molar-refractivity contribution in [3.8, 4) is 0 Å². The summed E-state index contributed by atoms with van der Waals surface area (Å²) in [6.45, 7) is 4.19. The van der Waals surface area contributed by atoms with Crippen LogP contribution in [0.1, 0.15) is 29.9 Å². The van der Waals surface area contributed by atoms with Crippen LogP contribution in [-0.4, -0.2) is 21.5 Å². The van der Waals surface area contributed by atoms with Gasteiger partial charge in [-0.3, -0.25) is 9.00 Å². The Bertz CT molecular complexity index is 385. The molecule has 16 heavy (non-hydrogen) atoms. The lowest BCUT2D eigenvalue weighted by Gasteiger charge is -2.03. The molecule has 1 atom stereocenters. The van der Waals surface area contributed by atoms with Crippen LogP contribution in [0.4, 0.5) is 0 Å². The van der Waals surface area contributed by atoms with Gasteiger partial charge in [0.25, 0.3) is 0 Å². The first kappa shape index (κ1) is 14.1. The maximum absolute atomic E-state index is 11.7. The van der Waals surface area contributed by atoms with Crippen LogP contribution >= 0.6 is 27.3 Å². The van der Waals surface area contributed by atoms with Crippen molar-refractivity contribution >= 4 is 43.8 Å². The maximum atomic E-state index is 11.7. The number of hydrogen-bond acceptors (Lipinski definition) is 3. The van der Waals surface area contributed by atoms with Gasteiger partial charge in [0.05, 0.1) is 14.4 Å². The predicted octanol–water partition coefficient (Wildman–Crippen LogP) is 3.49. The predicted molar refractivity (Wildman–Crippen MR) is 73.7 cm³/mol. The van der Waals surface area contributed by atoms with Gasteiger partial charge in [-0.05, 0) is 40.4 Å². The third-order valence-electron chi connectivity index (χ3n) is 2.06. The van der Waals surface area contributed by atoms with Crippen molar-refractivity contribution in [1.82, 2.24) is 0 Å². The van der Waals surface area contributed by atoms with Crippen LogP contribution in [0.5, 0.6) is 0 Å². The Morgan fingerprint density at radius 2 is 2.19 bits per heavy atom. The van der Waals surface area contributed by atoms with Crippen molar-refractivity contribution in [3.05, 3.63) is 20.8 Å². The Hall–Kier alpha value is -0.0000000000000000833. The van der Waals surface area contributed by atoms with E-state index in [1.807, 2.05) is 6.07 Å². The summed E-state index contributed by atoms with van der Waals surface area (Å²) >= 11 is 4.70. The van der Waals surface area contributed by atoms with Gasteiger partial charge in [-0.25, -0.2) is 0 Å². The maximum Gasteiger partial charge on any atom is 0.185 e. The molecule has 0 amide bonds. The number of ketones is 1. The molecule has 0 saturated carbocycles. The topological polar surface area (TPSA) is 34.1 Å². The molecule has 0 radical (unpaired) electrons. The highest BCUT2D eigenvalue weighted by molar-refractivity contribution is 9.11. The molecule has 0 saturated heterocycles. The molecule has 1 rings (SSSR count). The quantitative estimate of drug-likeness (QED) is 0.751. The molecule has 1 aromatic rings. The van der Waals surface area contributed by atoms with E-state index in [1.165, 1.54) is 11.3 Å². The lowest BCUT2D eigenvalue weighted by Crippen LogP contribution is -2.13. The lowest BCUT2D eigenvalue weighted by atomic mass is 10.2. The third-order valence-corrected chi connectivity index (χ3v) is 5.00. The Kier molecular flexibility index (Phi) is 5.86. The molecule has 90 valence electrons. The van der Waals surface area contributed by atoms with Gasteiger partial charge >= 0.3 is 0 Å². The third kappa shape index (κ3) is 4.89. The summed E-state index contributed by atoms with van der Waals surface area (Å²) < 4.78 is 12.6. The van der Waals surface area contributed by atoms with E-state index >= 15 is 0 Å². The van der Waals surface area contributed by atoms with E-state index in [2.05, 4.69) is 29.8 Å². The molecule has 0 aliphatic carbocycles. The molecule has 2 nitrogen and oxygen atoms in total. The number of thiophene rings is 1. The van der Waals surface area contributed by atoms with E-state index in [4.69, 9.17) is 0 Å². The molecular weight excluding hydrogens is 308 g/mol. The SMILES string of the molecule is CC(C)CCS(=O)CC(=O)c1ccc(Br)s1. The molecule has 1 heterocycles. The number of halogens is 1. The first-order valence-electron chi connectivity index (χ1n) is 5.12. The molecule has 0 aliphatic heterocycles. The molecular formula is C11H15BrO2S2. The van der Waals surface area contributed by atoms with Gasteiger partial charge in [0.1, 0.15) is 0 Å². The zero-order valence-corrected chi connectivity index (χ0v) is 12.6. The van der Waals surface area contributed by atoms with Crippen molar-refractivity contribution in [2.24, 2.45) is 5.92 Å². The van der Waals surface area contributed by atoms with Gasteiger partial charge in [-0.2, -0.15) is 0 Å². The van der Waals surface area contributed by atoms with E-state index < -0.39 is 10.8 Å². The Morgan fingerprint density at radius 1 is 1.50 bits per heavy atom. The largest absolute Gasteiger partial charge is 0.292 e. The fourth-order valence-electron chi connectivity index (χ4n) is 1.12. The Balaban J connectivity index is 2.43. The molecule has 0 bridgehead atoms. The minimum absolute atomic E-state index is 0.0159. The average Bonchev–Trinajstić information content (AvgIpc) is 2.62. The fourth-order valence-corrected chi connectivity index (χ4v) is 3.86. The normalized spacial score (nSPS) is 13.0. The lowest BCUT2D eigenvalue weighted by molar-refractivity contribution is 0.102. The van der Waals surface area contributed by atoms with Crippen LogP contribution in [0, 0.1) is 5.92 Å². The summed E-state index contributed by atoms with van der Waals surface area (Å²) in [4.78, 5) is 12.4. The van der Waals surface area contributed by atoms with Crippen molar-refractivity contribution in [2.45, 2.75) is 20.3 Å². The molecule has 0 aromatic carbocycles. The molecule has 1 aromatic heterocycles. The molecule has 0 fully saturated rings. The minimum atomic E-state index is -1.02. The van der Waals surface area contributed by atoms with Crippen molar-refractivity contribution in [1.29, 1.82) is 0 Å². The van der Waals surface area contributed by atoms with Crippen LogP contribution in [-0.2, 0) is 10.8 Å². The van der Waals surface area contributed by atoms with Gasteiger partial charge in [0.2, 0.25) is 0 Å². The number of Topliss-reactive ketones (excluding diaryl/α,β-unsaturated/α-hetero) is 1. The second-order valence-electron chi connectivity index (χ2n) is 4.00. The van der Waals surface area contributed by atoms with Crippen LogP contribution in [0.3, 0.4) is 0 Å². The number of hydrogen-bond donors (Lipinski definition) is 0. The summed E-state index contributed by atoms with van der Waals surface area (Å²) in [5.41, 5.74) is 0. The van der Waals surface area contributed by atoms with Crippen LogP contribution in [0.15, 0.2) is 15.9 Å². The molecule has 1 unspecified atom stereocenters. The van der Waals surface area contributed by atoms with Crippen molar-refractivity contribution < 1.29 is 9.00 Å². The summed E-state index contributed by atoms with van der Waals surface area (Å²) in [6.07, 6.45) is 0.911. The van der Waals surface area contributed by atoms with Crippen LogP contribution < -0.4 is 0 Å². The standard InChI is InChI=1S/C11H15BrO2S2/c1-8(2)5-6-16(14)7-9(13)10-3-4-11(12)15-10/h3-4,8H,5-7H2,1-2H3. The summed E-state index contributed by atoms with van der Waals surface area (Å²) in [7, 11) is -1.02. The molecule has 5 heteroatoms. The Labute approximate surface area is 111 Å². The first-order valence-corrected chi connectivity index (χ1v) is 8.22. The van der Waals surface area contributed by atoms with Gasteiger partial charge in [0, 0.05) is 16.6 Å². The second-order valence-corrected chi connectivity index (χ2v) is 8.04. The Morgan fingerprint density at radius 3 is 2.69 bits per heavy atom. The first-order chi connectivity index (χ1) is 7.49. The average molecular weight is 323 g/mol. The summed E-state index contributed by atoms with van der Waals surface area (Å²) in [5, 5.41) is 0. The molecule has 0 aliphatic rings. The highest BCUT2D eigenvalue weighted by Crippen LogP contribution is 2.22. The minimum Gasteiger partial charge on any atom is -0.292 e. The fraction of sp³-hybridized carbons (Fsp3) is 0.545. The zero-order chi connectivity index (χ0) is 12.1. The monoisotopic (exact) mass is 322 g/mol. The van der Waals surface area contributed by atoms with E-state index in [0.717, 1.165) is 10.2 Å². The molecule has 0 spiro atoms. The van der Waals surface area contributed by atoms with E-state index in [0.29, 0.717) is 16.5 Å². The number of rotatable bonds is 6. The number of carbonyl (C=O) groups excluding carboxylic acids is 1. The van der Waals surface area contributed by atoms with Gasteiger partial charge in [0.15, 0.2) is 5.78 Å². The van der Waals surface area contributed by atoms with Gasteiger partial charge < -0.3 is 0 Å². The molecule has 0 N–H and O–H groups in total. The van der Waals surface area contributed by atoms with Crippen molar-refractivity contribution in [3.63, 3.8) is 0 Å². The zero-order valence-electron chi connectivity index (χ0n) is 9.36. The second kappa shape index (κ2) is 6.67. The van der Waals surface area contributed by atoms with Crippen LogP contribution in [0.25, 0.3) is 0 Å². The smallest absolute Gasteiger partial charge is 0.185 e.